The van der Waals surface area contributed by atoms with Crippen LogP contribution in [0.1, 0.15) is 63.9 Å². The average molecular weight is 451 g/mol. The molecule has 1 N–H and O–H groups in total. The molecule has 0 bridgehead atoms. The highest BCUT2D eigenvalue weighted by molar-refractivity contribution is 7.90. The molecule has 0 aliphatic carbocycles. The van der Waals surface area contributed by atoms with Gasteiger partial charge in [-0.2, -0.15) is 0 Å². The summed E-state index contributed by atoms with van der Waals surface area (Å²) in [5.41, 5.74) is 2.17. The van der Waals surface area contributed by atoms with Gasteiger partial charge in [0.2, 0.25) is 0 Å². The smallest absolute Gasteiger partial charge is 0.409 e. The summed E-state index contributed by atoms with van der Waals surface area (Å²) in [5, 5.41) is 0. The van der Waals surface area contributed by atoms with Crippen LogP contribution in [0, 0.1) is 0 Å². The van der Waals surface area contributed by atoms with Crippen molar-refractivity contribution in [1.82, 2.24) is 9.62 Å². The molecule has 2 aromatic rings. The highest BCUT2D eigenvalue weighted by Crippen LogP contribution is 2.34. The Morgan fingerprint density at radius 3 is 2.63 bits per heavy atom. The lowest BCUT2D eigenvalue weighted by atomic mass is 10.1. The van der Waals surface area contributed by atoms with Crippen LogP contribution in [0.2, 0.25) is 0 Å². The molecule has 0 radical (unpaired) electrons. The van der Waals surface area contributed by atoms with Crippen LogP contribution in [-0.4, -0.2) is 33.9 Å². The number of hydrogen-bond acceptors (Lipinski definition) is 5. The number of nitrogens with zero attached hydrogens (tertiary/aromatic N) is 1. The van der Waals surface area contributed by atoms with E-state index in [0.717, 1.165) is 33.7 Å². The minimum atomic E-state index is -1.13. The SMILES string of the molecule is CCCCOC(=O)N(C)Cc1ccccc1-c1ccc([C@@H](C)N[S+]([O-])C(C)(C)C)s1. The molecule has 2 atom stereocenters. The summed E-state index contributed by atoms with van der Waals surface area (Å²) >= 11 is 0.556. The largest absolute Gasteiger partial charge is 0.598 e. The van der Waals surface area contributed by atoms with Gasteiger partial charge < -0.3 is 14.2 Å². The van der Waals surface area contributed by atoms with Gasteiger partial charge in [0.05, 0.1) is 12.6 Å². The second kappa shape index (κ2) is 11.2. The highest BCUT2D eigenvalue weighted by Gasteiger charge is 2.28. The molecule has 0 aliphatic rings. The number of carbonyl (C=O) groups excluding carboxylic acids is 1. The van der Waals surface area contributed by atoms with Crippen LogP contribution < -0.4 is 4.72 Å². The van der Waals surface area contributed by atoms with Crippen LogP contribution in [0.25, 0.3) is 10.4 Å². The van der Waals surface area contributed by atoms with Crippen molar-refractivity contribution < 1.29 is 14.1 Å². The number of thiophene rings is 1. The van der Waals surface area contributed by atoms with E-state index in [0.29, 0.717) is 13.2 Å². The standard InChI is InChI=1S/C23H34N2O3S2/c1-7-8-15-28-22(26)25(6)16-18-11-9-10-12-19(18)21-14-13-20(29-21)17(2)24-30(27)23(3,4)5/h9-14,17,24H,7-8,15-16H2,1-6H3/t17-,30?/m1/s1. The molecule has 0 spiro atoms. The minimum Gasteiger partial charge on any atom is -0.598 e. The molecule has 1 aromatic carbocycles. The van der Waals surface area contributed by atoms with Crippen molar-refractivity contribution in [2.24, 2.45) is 0 Å². The topological polar surface area (TPSA) is 64.6 Å². The van der Waals surface area contributed by atoms with E-state index in [2.05, 4.69) is 29.8 Å². The molecule has 0 aliphatic heterocycles. The second-order valence-corrected chi connectivity index (χ2v) is 11.5. The van der Waals surface area contributed by atoms with Gasteiger partial charge in [-0.05, 0) is 57.4 Å². The Morgan fingerprint density at radius 1 is 1.27 bits per heavy atom. The number of amides is 1. The van der Waals surface area contributed by atoms with Crippen LogP contribution >= 0.6 is 11.3 Å². The molecule has 1 aromatic heterocycles. The highest BCUT2D eigenvalue weighted by atomic mass is 32.2. The fraction of sp³-hybridized carbons (Fsp3) is 0.522. The third-order valence-corrected chi connectivity index (χ3v) is 7.60. The number of carbonyl (C=O) groups is 1. The van der Waals surface area contributed by atoms with E-state index < -0.39 is 11.4 Å². The molecular weight excluding hydrogens is 416 g/mol. The molecule has 1 unspecified atom stereocenters. The Labute approximate surface area is 188 Å². The Balaban J connectivity index is 2.11. The van der Waals surface area contributed by atoms with Gasteiger partial charge >= 0.3 is 6.09 Å². The number of hydrogen-bond donors (Lipinski definition) is 1. The van der Waals surface area contributed by atoms with Crippen molar-refractivity contribution in [3.8, 4) is 10.4 Å². The summed E-state index contributed by atoms with van der Waals surface area (Å²) in [5.74, 6) is 0. The van der Waals surface area contributed by atoms with E-state index in [1.807, 2.05) is 45.9 Å². The van der Waals surface area contributed by atoms with Gasteiger partial charge in [-0.15, -0.1) is 16.1 Å². The van der Waals surface area contributed by atoms with Crippen molar-refractivity contribution in [2.75, 3.05) is 13.7 Å². The van der Waals surface area contributed by atoms with E-state index in [1.165, 1.54) is 0 Å². The minimum absolute atomic E-state index is 0.00723. The number of benzene rings is 1. The Kier molecular flexibility index (Phi) is 9.22. The first-order chi connectivity index (χ1) is 14.1. The number of rotatable bonds is 9. The Hall–Kier alpha value is -1.54. The second-order valence-electron chi connectivity index (χ2n) is 8.40. The zero-order valence-corrected chi connectivity index (χ0v) is 20.5. The maximum atomic E-state index is 12.4. The Bertz CT molecular complexity index is 817. The molecule has 5 nitrogen and oxygen atoms in total. The van der Waals surface area contributed by atoms with Crippen molar-refractivity contribution in [2.45, 2.75) is 64.8 Å². The van der Waals surface area contributed by atoms with Crippen molar-refractivity contribution in [1.29, 1.82) is 0 Å². The lowest BCUT2D eigenvalue weighted by Crippen LogP contribution is -2.40. The van der Waals surface area contributed by atoms with Crippen LogP contribution in [-0.2, 0) is 22.6 Å². The molecule has 2 rings (SSSR count). The quantitative estimate of drug-likeness (QED) is 0.382. The van der Waals surface area contributed by atoms with Crippen molar-refractivity contribution in [3.05, 3.63) is 46.8 Å². The van der Waals surface area contributed by atoms with E-state index in [9.17, 15) is 9.35 Å². The number of unbranched alkanes of at least 4 members (excludes halogenated alkanes) is 1. The van der Waals surface area contributed by atoms with Crippen LogP contribution in [0.3, 0.4) is 0 Å². The van der Waals surface area contributed by atoms with Crippen molar-refractivity contribution in [3.63, 3.8) is 0 Å². The predicted octanol–water partition coefficient (Wildman–Crippen LogP) is 5.90. The lowest BCUT2D eigenvalue weighted by Gasteiger charge is -2.26. The van der Waals surface area contributed by atoms with Gasteiger partial charge in [0.1, 0.15) is 4.75 Å². The predicted molar refractivity (Wildman–Crippen MR) is 127 cm³/mol. The molecular formula is C23H34N2O3S2. The van der Waals surface area contributed by atoms with Gasteiger partial charge in [-0.1, -0.05) is 37.6 Å². The number of ether oxygens (including phenoxy) is 1. The molecule has 0 saturated heterocycles. The van der Waals surface area contributed by atoms with Gasteiger partial charge in [-0.3, -0.25) is 0 Å². The van der Waals surface area contributed by atoms with Crippen molar-refractivity contribution >= 4 is 28.8 Å². The third-order valence-electron chi connectivity index (χ3n) is 4.62. The van der Waals surface area contributed by atoms with Gasteiger partial charge in [0, 0.05) is 34.7 Å². The fourth-order valence-electron chi connectivity index (χ4n) is 2.76. The molecule has 0 saturated carbocycles. The Morgan fingerprint density at radius 2 is 1.97 bits per heavy atom. The normalized spacial score (nSPS) is 13.7. The summed E-state index contributed by atoms with van der Waals surface area (Å²) in [4.78, 5) is 16.1. The summed E-state index contributed by atoms with van der Waals surface area (Å²) in [7, 11) is 1.76. The molecule has 0 fully saturated rings. The fourth-order valence-corrected chi connectivity index (χ4v) is 4.71. The average Bonchev–Trinajstić information content (AvgIpc) is 3.17. The lowest BCUT2D eigenvalue weighted by molar-refractivity contribution is 0.108. The van der Waals surface area contributed by atoms with Gasteiger partial charge in [0.25, 0.3) is 0 Å². The van der Waals surface area contributed by atoms with Gasteiger partial charge in [-0.25, -0.2) is 4.79 Å². The van der Waals surface area contributed by atoms with Crippen LogP contribution in [0.5, 0.6) is 0 Å². The van der Waals surface area contributed by atoms with Gasteiger partial charge in [0.15, 0.2) is 0 Å². The molecule has 30 heavy (non-hydrogen) atoms. The summed E-state index contributed by atoms with van der Waals surface area (Å²) in [6, 6.07) is 12.3. The molecule has 1 amide bonds. The van der Waals surface area contributed by atoms with Crippen LogP contribution in [0.15, 0.2) is 36.4 Å². The first-order valence-corrected chi connectivity index (χ1v) is 12.3. The monoisotopic (exact) mass is 450 g/mol. The maximum Gasteiger partial charge on any atom is 0.409 e. The van der Waals surface area contributed by atoms with Crippen LogP contribution in [0.4, 0.5) is 4.79 Å². The van der Waals surface area contributed by atoms with E-state index in [-0.39, 0.29) is 16.9 Å². The van der Waals surface area contributed by atoms with E-state index in [1.54, 1.807) is 23.3 Å². The maximum absolute atomic E-state index is 12.4. The van der Waals surface area contributed by atoms with E-state index in [4.69, 9.17) is 4.74 Å². The van der Waals surface area contributed by atoms with E-state index >= 15 is 0 Å². The molecule has 1 heterocycles. The third kappa shape index (κ3) is 7.01. The zero-order chi connectivity index (χ0) is 22.3. The molecule has 166 valence electrons. The summed E-state index contributed by atoms with van der Waals surface area (Å²) in [6.45, 7) is 10.9. The zero-order valence-electron chi connectivity index (χ0n) is 18.9. The molecule has 7 heteroatoms. The summed E-state index contributed by atoms with van der Waals surface area (Å²) in [6.07, 6.45) is 1.57. The summed E-state index contributed by atoms with van der Waals surface area (Å²) < 4.78 is 20.6. The first-order valence-electron chi connectivity index (χ1n) is 10.4. The first kappa shape index (κ1) is 24.7. The number of nitrogens with one attached hydrogen (secondary N) is 1.